The second kappa shape index (κ2) is 6.48. The van der Waals surface area contributed by atoms with Gasteiger partial charge in [-0.05, 0) is 56.2 Å². The summed E-state index contributed by atoms with van der Waals surface area (Å²) in [5.74, 6) is 0. The van der Waals surface area contributed by atoms with Gasteiger partial charge in [0, 0.05) is 17.8 Å². The Hall–Kier alpha value is -2.89. The van der Waals surface area contributed by atoms with Crippen molar-refractivity contribution in [3.8, 4) is 11.1 Å². The third-order valence-corrected chi connectivity index (χ3v) is 2.92. The number of nitro groups is 1. The summed E-state index contributed by atoms with van der Waals surface area (Å²) in [4.78, 5) is 22.0. The zero-order valence-corrected chi connectivity index (χ0v) is 13.2. The number of benzene rings is 2. The molecule has 0 heterocycles. The van der Waals surface area contributed by atoms with Crippen LogP contribution in [0.15, 0.2) is 48.5 Å². The molecule has 6 nitrogen and oxygen atoms in total. The van der Waals surface area contributed by atoms with E-state index in [1.54, 1.807) is 51.1 Å². The molecular weight excluding hydrogens is 296 g/mol. The Morgan fingerprint density at radius 3 is 2.30 bits per heavy atom. The van der Waals surface area contributed by atoms with Gasteiger partial charge in [-0.25, -0.2) is 4.79 Å². The lowest BCUT2D eigenvalue weighted by Gasteiger charge is -2.19. The second-order valence-corrected chi connectivity index (χ2v) is 6.01. The average Bonchev–Trinajstić information content (AvgIpc) is 2.45. The fourth-order valence-electron chi connectivity index (χ4n) is 1.97. The minimum Gasteiger partial charge on any atom is -0.444 e. The van der Waals surface area contributed by atoms with Gasteiger partial charge in [0.05, 0.1) is 4.92 Å². The monoisotopic (exact) mass is 314 g/mol. The third-order valence-electron chi connectivity index (χ3n) is 2.92. The van der Waals surface area contributed by atoms with E-state index in [1.165, 1.54) is 12.1 Å². The fourth-order valence-corrected chi connectivity index (χ4v) is 1.97. The molecule has 1 N–H and O–H groups in total. The molecular formula is C17H18N2O4. The average molecular weight is 314 g/mol. The highest BCUT2D eigenvalue weighted by Gasteiger charge is 2.16. The summed E-state index contributed by atoms with van der Waals surface area (Å²) in [6.07, 6.45) is -0.529. The van der Waals surface area contributed by atoms with Crippen LogP contribution in [0.5, 0.6) is 0 Å². The first-order valence-corrected chi connectivity index (χ1v) is 7.09. The first-order chi connectivity index (χ1) is 10.7. The maximum Gasteiger partial charge on any atom is 0.412 e. The number of amides is 1. The molecule has 0 unspecified atom stereocenters. The SMILES string of the molecule is CC(C)(C)OC(=O)Nc1cccc(-c2ccc([N+](=O)[O-])cc2)c1. The maximum atomic E-state index is 11.8. The van der Waals surface area contributed by atoms with Crippen LogP contribution in [-0.4, -0.2) is 16.6 Å². The van der Waals surface area contributed by atoms with E-state index in [-0.39, 0.29) is 5.69 Å². The molecule has 0 aliphatic heterocycles. The van der Waals surface area contributed by atoms with E-state index in [0.29, 0.717) is 5.69 Å². The molecule has 0 aliphatic rings. The number of nitrogens with one attached hydrogen (secondary N) is 1. The lowest BCUT2D eigenvalue weighted by Crippen LogP contribution is -2.27. The third kappa shape index (κ3) is 4.81. The van der Waals surface area contributed by atoms with Gasteiger partial charge in [-0.15, -0.1) is 0 Å². The molecule has 0 bridgehead atoms. The van der Waals surface area contributed by atoms with Crippen LogP contribution >= 0.6 is 0 Å². The summed E-state index contributed by atoms with van der Waals surface area (Å²) in [6, 6.07) is 13.4. The van der Waals surface area contributed by atoms with Crippen LogP contribution in [0.2, 0.25) is 0 Å². The first-order valence-electron chi connectivity index (χ1n) is 7.09. The molecule has 0 atom stereocenters. The van der Waals surface area contributed by atoms with Crippen LogP contribution in [0.3, 0.4) is 0 Å². The molecule has 2 aromatic carbocycles. The van der Waals surface area contributed by atoms with E-state index in [4.69, 9.17) is 4.74 Å². The zero-order chi connectivity index (χ0) is 17.0. The van der Waals surface area contributed by atoms with Gasteiger partial charge in [0.25, 0.3) is 5.69 Å². The van der Waals surface area contributed by atoms with Gasteiger partial charge < -0.3 is 4.74 Å². The molecule has 23 heavy (non-hydrogen) atoms. The van der Waals surface area contributed by atoms with Crippen molar-refractivity contribution < 1.29 is 14.5 Å². The molecule has 0 radical (unpaired) electrons. The predicted molar refractivity (Wildman–Crippen MR) is 88.4 cm³/mol. The van der Waals surface area contributed by atoms with Crippen molar-refractivity contribution >= 4 is 17.5 Å². The molecule has 2 rings (SSSR count). The van der Waals surface area contributed by atoms with Crippen molar-refractivity contribution in [1.82, 2.24) is 0 Å². The van der Waals surface area contributed by atoms with Gasteiger partial charge in [0.2, 0.25) is 0 Å². The molecule has 1 amide bonds. The molecule has 0 fully saturated rings. The number of nitrogens with zero attached hydrogens (tertiary/aromatic N) is 1. The van der Waals surface area contributed by atoms with Gasteiger partial charge in [0.15, 0.2) is 0 Å². The van der Waals surface area contributed by atoms with Crippen molar-refractivity contribution in [3.63, 3.8) is 0 Å². The lowest BCUT2D eigenvalue weighted by molar-refractivity contribution is -0.384. The molecule has 0 saturated carbocycles. The van der Waals surface area contributed by atoms with Crippen LogP contribution in [0.1, 0.15) is 20.8 Å². The highest BCUT2D eigenvalue weighted by molar-refractivity contribution is 5.86. The molecule has 120 valence electrons. The highest BCUT2D eigenvalue weighted by Crippen LogP contribution is 2.25. The number of carbonyl (C=O) groups excluding carboxylic acids is 1. The fraction of sp³-hybridized carbons (Fsp3) is 0.235. The normalized spacial score (nSPS) is 10.9. The standard InChI is InChI=1S/C17H18N2O4/c1-17(2,3)23-16(20)18-14-6-4-5-13(11-14)12-7-9-15(10-8-12)19(21)22/h4-11H,1-3H3,(H,18,20). The van der Waals surface area contributed by atoms with Gasteiger partial charge >= 0.3 is 6.09 Å². The predicted octanol–water partition coefficient (Wildman–Crippen LogP) is 4.61. The molecule has 0 spiro atoms. The van der Waals surface area contributed by atoms with Crippen molar-refractivity contribution in [2.24, 2.45) is 0 Å². The number of nitro benzene ring substituents is 1. The van der Waals surface area contributed by atoms with E-state index >= 15 is 0 Å². The van der Waals surface area contributed by atoms with E-state index in [2.05, 4.69) is 5.32 Å². The lowest BCUT2D eigenvalue weighted by atomic mass is 10.0. The highest BCUT2D eigenvalue weighted by atomic mass is 16.6. The Labute approximate surface area is 134 Å². The molecule has 6 heteroatoms. The zero-order valence-electron chi connectivity index (χ0n) is 13.2. The van der Waals surface area contributed by atoms with Crippen LogP contribution < -0.4 is 5.32 Å². The van der Waals surface area contributed by atoms with Crippen molar-refractivity contribution in [3.05, 3.63) is 58.6 Å². The Balaban J connectivity index is 2.16. The Morgan fingerprint density at radius 1 is 1.09 bits per heavy atom. The summed E-state index contributed by atoms with van der Waals surface area (Å²) in [5.41, 5.74) is 1.73. The molecule has 0 aliphatic carbocycles. The Bertz CT molecular complexity index is 718. The number of rotatable bonds is 3. The second-order valence-electron chi connectivity index (χ2n) is 6.01. The number of hydrogen-bond donors (Lipinski definition) is 1. The van der Waals surface area contributed by atoms with Crippen molar-refractivity contribution in [2.45, 2.75) is 26.4 Å². The van der Waals surface area contributed by atoms with Crippen molar-refractivity contribution in [1.29, 1.82) is 0 Å². The number of ether oxygens (including phenoxy) is 1. The maximum absolute atomic E-state index is 11.8. The number of carbonyl (C=O) groups is 1. The summed E-state index contributed by atoms with van der Waals surface area (Å²) in [5, 5.41) is 13.4. The largest absolute Gasteiger partial charge is 0.444 e. The summed E-state index contributed by atoms with van der Waals surface area (Å²) >= 11 is 0. The minimum absolute atomic E-state index is 0.0387. The van der Waals surface area contributed by atoms with Gasteiger partial charge in [0.1, 0.15) is 5.60 Å². The van der Waals surface area contributed by atoms with Crippen LogP contribution in [0, 0.1) is 10.1 Å². The van der Waals surface area contributed by atoms with E-state index in [1.807, 2.05) is 6.07 Å². The summed E-state index contributed by atoms with van der Waals surface area (Å²) < 4.78 is 5.20. The topological polar surface area (TPSA) is 81.5 Å². The van der Waals surface area contributed by atoms with Gasteiger partial charge in [-0.3, -0.25) is 15.4 Å². The number of hydrogen-bond acceptors (Lipinski definition) is 4. The van der Waals surface area contributed by atoms with Crippen molar-refractivity contribution in [2.75, 3.05) is 5.32 Å². The van der Waals surface area contributed by atoms with Crippen LogP contribution in [0.4, 0.5) is 16.2 Å². The first kappa shape index (κ1) is 16.5. The Kier molecular flexibility index (Phi) is 4.64. The summed E-state index contributed by atoms with van der Waals surface area (Å²) in [6.45, 7) is 5.37. The van der Waals surface area contributed by atoms with E-state index < -0.39 is 16.6 Å². The van der Waals surface area contributed by atoms with Gasteiger partial charge in [-0.2, -0.15) is 0 Å². The van der Waals surface area contributed by atoms with E-state index in [9.17, 15) is 14.9 Å². The van der Waals surface area contributed by atoms with Gasteiger partial charge in [-0.1, -0.05) is 12.1 Å². The molecule has 2 aromatic rings. The number of anilines is 1. The Morgan fingerprint density at radius 2 is 1.74 bits per heavy atom. The van der Waals surface area contributed by atoms with Crippen LogP contribution in [-0.2, 0) is 4.74 Å². The van der Waals surface area contributed by atoms with Crippen LogP contribution in [0.25, 0.3) is 11.1 Å². The molecule has 0 saturated heterocycles. The minimum atomic E-state index is -0.569. The molecule has 0 aromatic heterocycles. The smallest absolute Gasteiger partial charge is 0.412 e. The van der Waals surface area contributed by atoms with E-state index in [0.717, 1.165) is 11.1 Å². The quantitative estimate of drug-likeness (QED) is 0.662. The number of non-ortho nitro benzene ring substituents is 1. The summed E-state index contributed by atoms with van der Waals surface area (Å²) in [7, 11) is 0.